The molecule has 3 rings (SSSR count). The zero-order chi connectivity index (χ0) is 14.7. The summed E-state index contributed by atoms with van der Waals surface area (Å²) in [7, 11) is 0. The molecule has 0 radical (unpaired) electrons. The fourth-order valence-corrected chi connectivity index (χ4v) is 4.40. The fourth-order valence-electron chi connectivity index (χ4n) is 4.00. The number of benzene rings is 1. The molecular formula is C18H27BrN2. The molecular weight excluding hydrogens is 324 g/mol. The van der Waals surface area contributed by atoms with Crippen molar-refractivity contribution >= 4 is 21.6 Å². The summed E-state index contributed by atoms with van der Waals surface area (Å²) in [6, 6.07) is 7.46. The molecule has 2 fully saturated rings. The van der Waals surface area contributed by atoms with E-state index in [-0.39, 0.29) is 0 Å². The van der Waals surface area contributed by atoms with Gasteiger partial charge in [-0.05, 0) is 48.9 Å². The minimum absolute atomic E-state index is 0.687. The molecule has 21 heavy (non-hydrogen) atoms. The Hall–Kier alpha value is -0.540. The van der Waals surface area contributed by atoms with Crippen LogP contribution in [-0.2, 0) is 6.42 Å². The van der Waals surface area contributed by atoms with E-state index in [2.05, 4.69) is 51.3 Å². The summed E-state index contributed by atoms with van der Waals surface area (Å²) >= 11 is 3.60. The molecule has 2 aliphatic rings. The molecule has 0 amide bonds. The van der Waals surface area contributed by atoms with E-state index in [0.717, 1.165) is 25.4 Å². The number of nitrogens with zero attached hydrogens (tertiary/aromatic N) is 1. The Morgan fingerprint density at radius 3 is 2.81 bits per heavy atom. The molecule has 1 aliphatic heterocycles. The van der Waals surface area contributed by atoms with E-state index in [1.807, 2.05) is 0 Å². The van der Waals surface area contributed by atoms with Gasteiger partial charge in [0.2, 0.25) is 0 Å². The Morgan fingerprint density at radius 1 is 1.24 bits per heavy atom. The van der Waals surface area contributed by atoms with Crippen LogP contribution in [0.15, 0.2) is 22.7 Å². The highest BCUT2D eigenvalue weighted by molar-refractivity contribution is 9.10. The summed E-state index contributed by atoms with van der Waals surface area (Å²) in [4.78, 5) is 2.61. The van der Waals surface area contributed by atoms with Crippen molar-refractivity contribution in [3.05, 3.63) is 28.2 Å². The lowest BCUT2D eigenvalue weighted by Crippen LogP contribution is -2.54. The number of hydrogen-bond donors (Lipinski definition) is 1. The normalized spacial score (nSPS) is 24.3. The zero-order valence-electron chi connectivity index (χ0n) is 13.1. The molecule has 0 bridgehead atoms. The van der Waals surface area contributed by atoms with Gasteiger partial charge in [-0.1, -0.05) is 42.1 Å². The number of piperazine rings is 1. The number of anilines is 1. The van der Waals surface area contributed by atoms with Crippen molar-refractivity contribution in [2.24, 2.45) is 5.92 Å². The summed E-state index contributed by atoms with van der Waals surface area (Å²) in [5.41, 5.74) is 2.91. The van der Waals surface area contributed by atoms with Gasteiger partial charge in [0.15, 0.2) is 0 Å². The van der Waals surface area contributed by atoms with Crippen LogP contribution in [0.5, 0.6) is 0 Å². The highest BCUT2D eigenvalue weighted by Gasteiger charge is 2.28. The Balaban J connectivity index is 1.73. The van der Waals surface area contributed by atoms with Gasteiger partial charge in [-0.15, -0.1) is 0 Å². The smallest absolute Gasteiger partial charge is 0.0400 e. The van der Waals surface area contributed by atoms with E-state index in [1.54, 1.807) is 0 Å². The van der Waals surface area contributed by atoms with Crippen molar-refractivity contribution in [2.45, 2.75) is 51.5 Å². The first-order valence-corrected chi connectivity index (χ1v) is 9.34. The predicted molar refractivity (Wildman–Crippen MR) is 94.1 cm³/mol. The van der Waals surface area contributed by atoms with Crippen LogP contribution in [0, 0.1) is 5.92 Å². The van der Waals surface area contributed by atoms with Crippen LogP contribution in [0.1, 0.15) is 44.6 Å². The minimum atomic E-state index is 0.687. The highest BCUT2D eigenvalue weighted by atomic mass is 79.9. The van der Waals surface area contributed by atoms with Gasteiger partial charge in [0.1, 0.15) is 0 Å². The lowest BCUT2D eigenvalue weighted by molar-refractivity contribution is 0.257. The fraction of sp³-hybridized carbons (Fsp3) is 0.667. The summed E-state index contributed by atoms with van der Waals surface area (Å²) < 4.78 is 1.20. The van der Waals surface area contributed by atoms with Crippen LogP contribution in [0.25, 0.3) is 0 Å². The van der Waals surface area contributed by atoms with Crippen molar-refractivity contribution in [2.75, 3.05) is 24.5 Å². The van der Waals surface area contributed by atoms with Gasteiger partial charge in [-0.25, -0.2) is 0 Å². The number of nitrogens with one attached hydrogen (secondary N) is 1. The SMILES string of the molecule is CCc1cc(Br)ccc1N1CCNC(C2CCCCC2)C1. The van der Waals surface area contributed by atoms with Crippen LogP contribution in [-0.4, -0.2) is 25.7 Å². The van der Waals surface area contributed by atoms with Gasteiger partial charge < -0.3 is 10.2 Å². The van der Waals surface area contributed by atoms with Crippen molar-refractivity contribution < 1.29 is 0 Å². The largest absolute Gasteiger partial charge is 0.368 e. The molecule has 1 saturated heterocycles. The standard InChI is InChI=1S/C18H27BrN2/c1-2-14-12-16(19)8-9-18(14)21-11-10-20-17(13-21)15-6-4-3-5-7-15/h8-9,12,15,17,20H,2-7,10-11,13H2,1H3. The zero-order valence-corrected chi connectivity index (χ0v) is 14.7. The highest BCUT2D eigenvalue weighted by Crippen LogP contribution is 2.30. The average Bonchev–Trinajstić information content (AvgIpc) is 2.55. The monoisotopic (exact) mass is 350 g/mol. The lowest BCUT2D eigenvalue weighted by Gasteiger charge is -2.41. The molecule has 116 valence electrons. The second-order valence-electron chi connectivity index (χ2n) is 6.53. The molecule has 1 N–H and O–H groups in total. The molecule has 1 unspecified atom stereocenters. The topological polar surface area (TPSA) is 15.3 Å². The van der Waals surface area contributed by atoms with Gasteiger partial charge in [-0.2, -0.15) is 0 Å². The molecule has 1 atom stereocenters. The molecule has 1 aliphatic carbocycles. The number of aryl methyl sites for hydroxylation is 1. The van der Waals surface area contributed by atoms with Gasteiger partial charge in [0.05, 0.1) is 0 Å². The third kappa shape index (κ3) is 3.62. The van der Waals surface area contributed by atoms with Gasteiger partial charge in [0, 0.05) is 35.8 Å². The molecule has 2 nitrogen and oxygen atoms in total. The van der Waals surface area contributed by atoms with E-state index < -0.39 is 0 Å². The van der Waals surface area contributed by atoms with E-state index in [0.29, 0.717) is 6.04 Å². The van der Waals surface area contributed by atoms with E-state index in [1.165, 1.54) is 54.4 Å². The quantitative estimate of drug-likeness (QED) is 0.870. The van der Waals surface area contributed by atoms with Crippen LogP contribution >= 0.6 is 15.9 Å². The Labute approximate surface area is 137 Å². The maximum Gasteiger partial charge on any atom is 0.0400 e. The minimum Gasteiger partial charge on any atom is -0.368 e. The summed E-state index contributed by atoms with van der Waals surface area (Å²) in [5.74, 6) is 0.891. The maximum absolute atomic E-state index is 3.79. The summed E-state index contributed by atoms with van der Waals surface area (Å²) in [5, 5.41) is 3.79. The summed E-state index contributed by atoms with van der Waals surface area (Å²) in [6.45, 7) is 5.70. The molecule has 0 spiro atoms. The molecule has 1 saturated carbocycles. The first kappa shape index (κ1) is 15.4. The lowest BCUT2D eigenvalue weighted by atomic mass is 9.83. The van der Waals surface area contributed by atoms with Crippen molar-refractivity contribution in [1.82, 2.24) is 5.32 Å². The number of halogens is 1. The maximum atomic E-state index is 3.79. The van der Waals surface area contributed by atoms with Crippen LogP contribution in [0.2, 0.25) is 0 Å². The Kier molecular flexibility index (Phi) is 5.23. The molecule has 1 heterocycles. The first-order chi connectivity index (χ1) is 10.3. The predicted octanol–water partition coefficient (Wildman–Crippen LogP) is 4.37. The van der Waals surface area contributed by atoms with Crippen molar-refractivity contribution in [1.29, 1.82) is 0 Å². The molecule has 0 aromatic heterocycles. The van der Waals surface area contributed by atoms with Crippen molar-refractivity contribution in [3.63, 3.8) is 0 Å². The Bertz CT molecular complexity index is 468. The third-order valence-corrected chi connectivity index (χ3v) is 5.68. The van der Waals surface area contributed by atoms with Crippen LogP contribution in [0.3, 0.4) is 0 Å². The van der Waals surface area contributed by atoms with E-state index in [4.69, 9.17) is 0 Å². The second-order valence-corrected chi connectivity index (χ2v) is 7.45. The summed E-state index contributed by atoms with van der Waals surface area (Å²) in [6.07, 6.45) is 8.26. The molecule has 3 heteroatoms. The van der Waals surface area contributed by atoms with E-state index in [9.17, 15) is 0 Å². The number of rotatable bonds is 3. The third-order valence-electron chi connectivity index (χ3n) is 5.19. The Morgan fingerprint density at radius 2 is 2.05 bits per heavy atom. The number of hydrogen-bond acceptors (Lipinski definition) is 2. The first-order valence-electron chi connectivity index (χ1n) is 8.54. The van der Waals surface area contributed by atoms with Gasteiger partial charge in [0.25, 0.3) is 0 Å². The average molecular weight is 351 g/mol. The van der Waals surface area contributed by atoms with Gasteiger partial charge in [-0.3, -0.25) is 0 Å². The van der Waals surface area contributed by atoms with Crippen LogP contribution < -0.4 is 10.2 Å². The van der Waals surface area contributed by atoms with Crippen LogP contribution in [0.4, 0.5) is 5.69 Å². The van der Waals surface area contributed by atoms with E-state index >= 15 is 0 Å². The van der Waals surface area contributed by atoms with Gasteiger partial charge >= 0.3 is 0 Å². The van der Waals surface area contributed by atoms with Crippen molar-refractivity contribution in [3.8, 4) is 0 Å². The second kappa shape index (κ2) is 7.15. The molecule has 1 aromatic carbocycles. The molecule has 1 aromatic rings.